The van der Waals surface area contributed by atoms with E-state index in [1.165, 1.54) is 31.3 Å². The Morgan fingerprint density at radius 3 is 2.53 bits per heavy atom. The van der Waals surface area contributed by atoms with Crippen LogP contribution in [0.5, 0.6) is 0 Å². The van der Waals surface area contributed by atoms with Crippen molar-refractivity contribution in [3.05, 3.63) is 23.0 Å². The van der Waals surface area contributed by atoms with Gasteiger partial charge in [-0.05, 0) is 48.7 Å². The minimum absolute atomic E-state index is 0.278. The molecular formula is C14H22O. The summed E-state index contributed by atoms with van der Waals surface area (Å²) in [6, 6.07) is 0. The van der Waals surface area contributed by atoms with Crippen LogP contribution in [0.25, 0.3) is 0 Å². The molecule has 0 aromatic carbocycles. The zero-order valence-electron chi connectivity index (χ0n) is 10.1. The maximum Gasteiger partial charge on any atom is 0.0931 e. The maximum absolute atomic E-state index is 9.81. The molecule has 0 radical (unpaired) electrons. The predicted octanol–water partition coefficient (Wildman–Crippen LogP) is 4.36. The molecule has 0 fully saturated rings. The summed E-state index contributed by atoms with van der Waals surface area (Å²) in [6.07, 6.45) is 7.92. The largest absolute Gasteiger partial charge is 0.512 e. The van der Waals surface area contributed by atoms with Gasteiger partial charge in [0.2, 0.25) is 0 Å². The minimum atomic E-state index is 0.278. The lowest BCUT2D eigenvalue weighted by molar-refractivity contribution is 0.230. The van der Waals surface area contributed by atoms with Gasteiger partial charge >= 0.3 is 0 Å². The monoisotopic (exact) mass is 206 g/mol. The Bertz CT molecular complexity index is 315. The van der Waals surface area contributed by atoms with Crippen molar-refractivity contribution in [3.8, 4) is 0 Å². The highest BCUT2D eigenvalue weighted by Gasteiger charge is 2.33. The van der Waals surface area contributed by atoms with E-state index in [2.05, 4.69) is 20.8 Å². The second-order valence-corrected chi connectivity index (χ2v) is 6.02. The highest BCUT2D eigenvalue weighted by atomic mass is 16.3. The fourth-order valence-electron chi connectivity index (χ4n) is 2.94. The van der Waals surface area contributed by atoms with Gasteiger partial charge in [-0.1, -0.05) is 26.3 Å². The fourth-order valence-corrected chi connectivity index (χ4v) is 2.94. The van der Waals surface area contributed by atoms with Gasteiger partial charge in [0.1, 0.15) is 0 Å². The van der Waals surface area contributed by atoms with E-state index >= 15 is 0 Å². The second-order valence-electron chi connectivity index (χ2n) is 6.02. The zero-order chi connectivity index (χ0) is 11.1. The fraction of sp³-hybridized carbons (Fsp3) is 0.714. The molecule has 0 aromatic heterocycles. The first-order valence-electron chi connectivity index (χ1n) is 6.10. The molecule has 1 unspecified atom stereocenters. The minimum Gasteiger partial charge on any atom is -0.512 e. The summed E-state index contributed by atoms with van der Waals surface area (Å²) in [4.78, 5) is 0. The van der Waals surface area contributed by atoms with E-state index in [-0.39, 0.29) is 5.41 Å². The number of aliphatic hydroxyl groups excluding tert-OH is 1. The maximum atomic E-state index is 9.81. The molecule has 1 nitrogen and oxygen atoms in total. The lowest BCUT2D eigenvalue weighted by Gasteiger charge is -2.38. The molecule has 84 valence electrons. The van der Waals surface area contributed by atoms with Gasteiger partial charge in [-0.3, -0.25) is 0 Å². The number of rotatable bonds is 0. The van der Waals surface area contributed by atoms with Gasteiger partial charge in [0.25, 0.3) is 0 Å². The second kappa shape index (κ2) is 3.70. The predicted molar refractivity (Wildman–Crippen MR) is 63.8 cm³/mol. The van der Waals surface area contributed by atoms with Crippen molar-refractivity contribution in [1.82, 2.24) is 0 Å². The SMILES string of the molecule is CC(C)(C)C1CC(O)=CC2=C1CCCC2. The smallest absolute Gasteiger partial charge is 0.0931 e. The van der Waals surface area contributed by atoms with Crippen LogP contribution >= 0.6 is 0 Å². The number of aliphatic hydroxyl groups is 1. The number of allylic oxidation sites excluding steroid dienone is 4. The first-order chi connectivity index (χ1) is 6.98. The highest BCUT2D eigenvalue weighted by molar-refractivity contribution is 5.35. The van der Waals surface area contributed by atoms with Crippen molar-refractivity contribution in [3.63, 3.8) is 0 Å². The van der Waals surface area contributed by atoms with E-state index in [0.717, 1.165) is 6.42 Å². The Balaban J connectivity index is 2.35. The van der Waals surface area contributed by atoms with Gasteiger partial charge in [0.15, 0.2) is 0 Å². The third kappa shape index (κ3) is 2.11. The van der Waals surface area contributed by atoms with Crippen LogP contribution in [0.2, 0.25) is 0 Å². The topological polar surface area (TPSA) is 20.2 Å². The molecule has 0 saturated heterocycles. The van der Waals surface area contributed by atoms with Crippen molar-refractivity contribution >= 4 is 0 Å². The standard InChI is InChI=1S/C14H22O/c1-14(2,3)13-9-11(15)8-10-6-4-5-7-12(10)13/h8,13,15H,4-7,9H2,1-3H3. The quantitative estimate of drug-likeness (QED) is 0.624. The molecule has 0 spiro atoms. The van der Waals surface area contributed by atoms with E-state index in [1.807, 2.05) is 6.08 Å². The summed E-state index contributed by atoms with van der Waals surface area (Å²) < 4.78 is 0. The molecule has 15 heavy (non-hydrogen) atoms. The summed E-state index contributed by atoms with van der Waals surface area (Å²) in [7, 11) is 0. The normalized spacial score (nSPS) is 27.4. The molecule has 2 rings (SSSR count). The molecule has 0 aromatic rings. The first kappa shape index (κ1) is 10.8. The third-order valence-corrected chi connectivity index (χ3v) is 3.77. The van der Waals surface area contributed by atoms with Crippen LogP contribution in [-0.4, -0.2) is 5.11 Å². The Kier molecular flexibility index (Phi) is 2.66. The Labute approximate surface area is 92.9 Å². The third-order valence-electron chi connectivity index (χ3n) is 3.77. The van der Waals surface area contributed by atoms with Crippen LogP contribution in [0.3, 0.4) is 0 Å². The number of hydrogen-bond donors (Lipinski definition) is 1. The molecule has 1 heteroatoms. The average molecular weight is 206 g/mol. The molecule has 0 heterocycles. The zero-order valence-corrected chi connectivity index (χ0v) is 10.1. The van der Waals surface area contributed by atoms with E-state index in [0.29, 0.717) is 11.7 Å². The Morgan fingerprint density at radius 1 is 1.20 bits per heavy atom. The van der Waals surface area contributed by atoms with Crippen LogP contribution in [0.1, 0.15) is 52.9 Å². The van der Waals surface area contributed by atoms with Crippen molar-refractivity contribution in [2.45, 2.75) is 52.9 Å². The van der Waals surface area contributed by atoms with E-state index in [1.54, 1.807) is 5.57 Å². The van der Waals surface area contributed by atoms with Gasteiger partial charge < -0.3 is 5.11 Å². The molecule has 1 N–H and O–H groups in total. The van der Waals surface area contributed by atoms with Gasteiger partial charge in [0.05, 0.1) is 5.76 Å². The molecule has 0 bridgehead atoms. The molecule has 0 aliphatic heterocycles. The van der Waals surface area contributed by atoms with E-state index in [9.17, 15) is 5.11 Å². The molecule has 2 aliphatic rings. The Morgan fingerprint density at radius 2 is 1.87 bits per heavy atom. The molecule has 0 amide bonds. The van der Waals surface area contributed by atoms with Crippen molar-refractivity contribution in [2.24, 2.45) is 11.3 Å². The van der Waals surface area contributed by atoms with Gasteiger partial charge in [0, 0.05) is 6.42 Å². The summed E-state index contributed by atoms with van der Waals surface area (Å²) >= 11 is 0. The van der Waals surface area contributed by atoms with Gasteiger partial charge in [-0.25, -0.2) is 0 Å². The molecule has 2 aliphatic carbocycles. The van der Waals surface area contributed by atoms with E-state index in [4.69, 9.17) is 0 Å². The van der Waals surface area contributed by atoms with Crippen LogP contribution < -0.4 is 0 Å². The van der Waals surface area contributed by atoms with Crippen LogP contribution in [0.4, 0.5) is 0 Å². The van der Waals surface area contributed by atoms with Crippen molar-refractivity contribution in [2.75, 3.05) is 0 Å². The van der Waals surface area contributed by atoms with Crippen molar-refractivity contribution in [1.29, 1.82) is 0 Å². The number of hydrogen-bond acceptors (Lipinski definition) is 1. The van der Waals surface area contributed by atoms with E-state index < -0.39 is 0 Å². The van der Waals surface area contributed by atoms with Crippen molar-refractivity contribution < 1.29 is 5.11 Å². The van der Waals surface area contributed by atoms with Gasteiger partial charge in [-0.2, -0.15) is 0 Å². The summed E-state index contributed by atoms with van der Waals surface area (Å²) in [5, 5.41) is 9.81. The van der Waals surface area contributed by atoms with Gasteiger partial charge in [-0.15, -0.1) is 0 Å². The molecule has 1 atom stereocenters. The Hall–Kier alpha value is -0.720. The van der Waals surface area contributed by atoms with Crippen LogP contribution in [-0.2, 0) is 0 Å². The lowest BCUT2D eigenvalue weighted by Crippen LogP contribution is -2.27. The molecular weight excluding hydrogens is 184 g/mol. The summed E-state index contributed by atoms with van der Waals surface area (Å²) in [5.41, 5.74) is 3.34. The van der Waals surface area contributed by atoms with Crippen LogP contribution in [0.15, 0.2) is 23.0 Å². The molecule has 0 saturated carbocycles. The lowest BCUT2D eigenvalue weighted by atomic mass is 9.67. The first-order valence-corrected chi connectivity index (χ1v) is 6.10. The van der Waals surface area contributed by atoms with Crippen LogP contribution in [0, 0.1) is 11.3 Å². The highest BCUT2D eigenvalue weighted by Crippen LogP contribution is 2.45. The average Bonchev–Trinajstić information content (AvgIpc) is 2.15. The summed E-state index contributed by atoms with van der Waals surface area (Å²) in [5.74, 6) is 1.15. The summed E-state index contributed by atoms with van der Waals surface area (Å²) in [6.45, 7) is 6.86.